The highest BCUT2D eigenvalue weighted by Gasteiger charge is 2.54. The summed E-state index contributed by atoms with van der Waals surface area (Å²) < 4.78 is 41.6. The third-order valence-corrected chi connectivity index (χ3v) is 7.52. The standard InChI is InChI=1S/C28H30F3N5O2/c1-32-11-19-4-3-17(7-25(19)31)18-5-6-26(33-12-18)28(38)20-13-35(2)14-21(28)16-36(15-20)27(37)34-24-9-22(29)8-23(30)10-24/h3-10,12,20-21,32,38H,11,13-16H2,1-2H3,(H,34,37)/t20-,21+,28?. The van der Waals surface area contributed by atoms with Gasteiger partial charge in [-0.15, -0.1) is 0 Å². The van der Waals surface area contributed by atoms with Gasteiger partial charge in [-0.2, -0.15) is 0 Å². The number of carbonyl (C=O) groups excluding carboxylic acids is 1. The van der Waals surface area contributed by atoms with Crippen molar-refractivity contribution in [2.75, 3.05) is 45.6 Å². The first-order valence-electron chi connectivity index (χ1n) is 12.5. The highest BCUT2D eigenvalue weighted by molar-refractivity contribution is 5.89. The number of likely N-dealkylation sites (tertiary alicyclic amines) is 2. The third kappa shape index (κ3) is 4.99. The summed E-state index contributed by atoms with van der Waals surface area (Å²) in [5, 5.41) is 17.5. The van der Waals surface area contributed by atoms with Gasteiger partial charge >= 0.3 is 6.03 Å². The number of aliphatic hydroxyl groups is 1. The van der Waals surface area contributed by atoms with Crippen molar-refractivity contribution >= 4 is 11.7 Å². The summed E-state index contributed by atoms with van der Waals surface area (Å²) in [6, 6.07) is 11.0. The maximum Gasteiger partial charge on any atom is 0.321 e. The summed E-state index contributed by atoms with van der Waals surface area (Å²) in [7, 11) is 3.73. The van der Waals surface area contributed by atoms with Gasteiger partial charge in [0.1, 0.15) is 23.1 Å². The lowest BCUT2D eigenvalue weighted by molar-refractivity contribution is -0.155. The number of rotatable bonds is 5. The number of pyridine rings is 1. The van der Waals surface area contributed by atoms with Crippen LogP contribution in [0, 0.1) is 29.3 Å². The van der Waals surface area contributed by atoms with Crippen LogP contribution in [0.4, 0.5) is 23.7 Å². The third-order valence-electron chi connectivity index (χ3n) is 7.52. The van der Waals surface area contributed by atoms with Crippen molar-refractivity contribution in [3.8, 4) is 11.1 Å². The van der Waals surface area contributed by atoms with Gasteiger partial charge < -0.3 is 25.5 Å². The molecule has 2 bridgehead atoms. The number of benzene rings is 2. The second kappa shape index (κ2) is 10.4. The molecule has 1 unspecified atom stereocenters. The van der Waals surface area contributed by atoms with E-state index in [0.29, 0.717) is 36.5 Å². The molecule has 2 saturated heterocycles. The lowest BCUT2D eigenvalue weighted by atomic mass is 9.68. The van der Waals surface area contributed by atoms with E-state index in [4.69, 9.17) is 0 Å². The van der Waals surface area contributed by atoms with Crippen molar-refractivity contribution in [1.82, 2.24) is 20.1 Å². The van der Waals surface area contributed by atoms with Crippen molar-refractivity contribution in [1.29, 1.82) is 0 Å². The SMILES string of the molecule is CNCc1ccc(-c2ccc(C3(O)[C@@H]4CN(C)C[C@H]3CN(C(=O)Nc3cc(F)cc(F)c3)C4)nc2)cc1F. The van der Waals surface area contributed by atoms with Crippen LogP contribution in [-0.2, 0) is 12.1 Å². The number of amides is 2. The Morgan fingerprint density at radius 1 is 1.00 bits per heavy atom. The number of fused-ring (bicyclic) bond motifs is 2. The fraction of sp³-hybridized carbons (Fsp3) is 0.357. The first-order valence-corrected chi connectivity index (χ1v) is 12.5. The van der Waals surface area contributed by atoms with E-state index >= 15 is 0 Å². The highest BCUT2D eigenvalue weighted by atomic mass is 19.1. The van der Waals surface area contributed by atoms with Crippen molar-refractivity contribution < 1.29 is 23.1 Å². The van der Waals surface area contributed by atoms with Crippen LogP contribution < -0.4 is 10.6 Å². The van der Waals surface area contributed by atoms with E-state index in [1.54, 1.807) is 30.3 Å². The maximum atomic E-state index is 14.4. The molecule has 0 saturated carbocycles. The molecule has 2 aliphatic rings. The molecule has 200 valence electrons. The van der Waals surface area contributed by atoms with Gasteiger partial charge in [0.25, 0.3) is 0 Å². The maximum absolute atomic E-state index is 14.4. The number of piperidine rings is 2. The smallest absolute Gasteiger partial charge is 0.321 e. The monoisotopic (exact) mass is 525 g/mol. The van der Waals surface area contributed by atoms with E-state index in [1.807, 2.05) is 19.2 Å². The van der Waals surface area contributed by atoms with E-state index in [-0.39, 0.29) is 36.4 Å². The molecule has 3 heterocycles. The number of nitrogens with zero attached hydrogens (tertiary/aromatic N) is 3. The molecule has 0 spiro atoms. The van der Waals surface area contributed by atoms with Crippen molar-refractivity contribution in [3.63, 3.8) is 0 Å². The summed E-state index contributed by atoms with van der Waals surface area (Å²) >= 11 is 0. The number of urea groups is 1. The molecule has 1 aromatic heterocycles. The number of anilines is 1. The van der Waals surface area contributed by atoms with Crippen LogP contribution in [0.25, 0.3) is 11.1 Å². The zero-order chi connectivity index (χ0) is 27.0. The Labute approximate surface area is 219 Å². The second-order valence-corrected chi connectivity index (χ2v) is 10.2. The Bertz CT molecular complexity index is 1300. The molecule has 3 N–H and O–H groups in total. The average Bonchev–Trinajstić information content (AvgIpc) is 2.85. The minimum absolute atomic E-state index is 0.0308. The molecular formula is C28H30F3N5O2. The minimum Gasteiger partial charge on any atom is -0.383 e. The molecule has 0 radical (unpaired) electrons. The largest absolute Gasteiger partial charge is 0.383 e. The van der Waals surface area contributed by atoms with Crippen LogP contribution in [0.3, 0.4) is 0 Å². The Kier molecular flexibility index (Phi) is 7.13. The summed E-state index contributed by atoms with van der Waals surface area (Å²) in [6.45, 7) is 1.98. The summed E-state index contributed by atoms with van der Waals surface area (Å²) in [5.41, 5.74) is 1.26. The second-order valence-electron chi connectivity index (χ2n) is 10.2. The topological polar surface area (TPSA) is 80.7 Å². The molecule has 2 amide bonds. The molecule has 3 aromatic rings. The highest BCUT2D eigenvalue weighted by Crippen LogP contribution is 2.44. The number of halogens is 3. The van der Waals surface area contributed by atoms with Crippen LogP contribution in [0.15, 0.2) is 54.7 Å². The molecule has 10 heteroatoms. The van der Waals surface area contributed by atoms with Crippen molar-refractivity contribution in [2.24, 2.45) is 11.8 Å². The van der Waals surface area contributed by atoms with Gasteiger partial charge in [-0.1, -0.05) is 18.2 Å². The zero-order valence-corrected chi connectivity index (χ0v) is 21.2. The zero-order valence-electron chi connectivity index (χ0n) is 21.2. The van der Waals surface area contributed by atoms with Crippen LogP contribution in [0.5, 0.6) is 0 Å². The fourth-order valence-electron chi connectivity index (χ4n) is 5.71. The predicted molar refractivity (Wildman–Crippen MR) is 138 cm³/mol. The van der Waals surface area contributed by atoms with Crippen LogP contribution in [0.2, 0.25) is 0 Å². The van der Waals surface area contributed by atoms with Crippen molar-refractivity contribution in [3.05, 3.63) is 83.4 Å². The van der Waals surface area contributed by atoms with Crippen molar-refractivity contribution in [2.45, 2.75) is 12.1 Å². The predicted octanol–water partition coefficient (Wildman–Crippen LogP) is 3.80. The minimum atomic E-state index is -1.27. The van der Waals surface area contributed by atoms with Gasteiger partial charge in [0.2, 0.25) is 0 Å². The van der Waals surface area contributed by atoms with Crippen LogP contribution in [-0.4, -0.2) is 66.2 Å². The van der Waals surface area contributed by atoms with E-state index < -0.39 is 23.3 Å². The molecular weight excluding hydrogens is 495 g/mol. The quantitative estimate of drug-likeness (QED) is 0.472. The van der Waals surface area contributed by atoms with Gasteiger partial charge in [-0.3, -0.25) is 4.98 Å². The van der Waals surface area contributed by atoms with Crippen LogP contribution in [0.1, 0.15) is 11.3 Å². The Hall–Kier alpha value is -3.47. The average molecular weight is 526 g/mol. The molecule has 2 aromatic carbocycles. The molecule has 3 atom stereocenters. The molecule has 2 fully saturated rings. The summed E-state index contributed by atoms with van der Waals surface area (Å²) in [5.74, 6) is -2.54. The van der Waals surface area contributed by atoms with E-state index in [1.165, 1.54) is 6.07 Å². The molecule has 2 aliphatic heterocycles. The lowest BCUT2D eigenvalue weighted by Crippen LogP contribution is -2.66. The Morgan fingerprint density at radius 2 is 1.66 bits per heavy atom. The van der Waals surface area contributed by atoms with Gasteiger partial charge in [0.15, 0.2) is 0 Å². The number of carbonyl (C=O) groups is 1. The van der Waals surface area contributed by atoms with Gasteiger partial charge in [-0.05, 0) is 43.9 Å². The summed E-state index contributed by atoms with van der Waals surface area (Å²) in [4.78, 5) is 21.3. The Morgan fingerprint density at radius 3 is 2.24 bits per heavy atom. The summed E-state index contributed by atoms with van der Waals surface area (Å²) in [6.07, 6.45) is 1.64. The first-order chi connectivity index (χ1) is 18.2. The molecule has 38 heavy (non-hydrogen) atoms. The first kappa shape index (κ1) is 26.1. The van der Waals surface area contributed by atoms with E-state index in [2.05, 4.69) is 20.5 Å². The van der Waals surface area contributed by atoms with Gasteiger partial charge in [0, 0.05) is 73.6 Å². The van der Waals surface area contributed by atoms with Gasteiger partial charge in [-0.25, -0.2) is 18.0 Å². The lowest BCUT2D eigenvalue weighted by Gasteiger charge is -2.54. The number of nitrogens with one attached hydrogen (secondary N) is 2. The number of hydrogen-bond donors (Lipinski definition) is 3. The van der Waals surface area contributed by atoms with Crippen LogP contribution >= 0.6 is 0 Å². The molecule has 7 nitrogen and oxygen atoms in total. The normalized spacial score (nSPS) is 23.4. The number of aromatic nitrogens is 1. The molecule has 5 rings (SSSR count). The number of hydrogen-bond acceptors (Lipinski definition) is 5. The van der Waals surface area contributed by atoms with E-state index in [0.717, 1.165) is 23.8 Å². The fourth-order valence-corrected chi connectivity index (χ4v) is 5.71. The van der Waals surface area contributed by atoms with E-state index in [9.17, 15) is 23.1 Å². The molecule has 0 aliphatic carbocycles. The Balaban J connectivity index is 1.36. The van der Waals surface area contributed by atoms with Gasteiger partial charge in [0.05, 0.1) is 5.69 Å².